The van der Waals surface area contributed by atoms with Gasteiger partial charge in [-0.05, 0) is 48.7 Å². The van der Waals surface area contributed by atoms with Crippen LogP contribution in [0.15, 0.2) is 71.3 Å². The third-order valence-electron chi connectivity index (χ3n) is 5.67. The predicted molar refractivity (Wildman–Crippen MR) is 116 cm³/mol. The van der Waals surface area contributed by atoms with Gasteiger partial charge in [-0.15, -0.1) is 0 Å². The second kappa shape index (κ2) is 8.78. The molecular weight excluding hydrogens is 408 g/mol. The van der Waals surface area contributed by atoms with Crippen molar-refractivity contribution in [1.29, 1.82) is 0 Å². The van der Waals surface area contributed by atoms with Crippen LogP contribution in [-0.2, 0) is 17.9 Å². The SMILES string of the molecule is O=C(CN(C(=O)c1ccc2c(c1)OCO2)C1CC1)N(Cc1ccccc1)Cc1ccco1. The molecule has 2 amide bonds. The highest BCUT2D eigenvalue weighted by atomic mass is 16.7. The molecule has 1 saturated carbocycles. The minimum absolute atomic E-state index is 0.0193. The number of nitrogens with zero attached hydrogens (tertiary/aromatic N) is 2. The molecule has 0 bridgehead atoms. The monoisotopic (exact) mass is 432 g/mol. The molecule has 3 aromatic rings. The summed E-state index contributed by atoms with van der Waals surface area (Å²) < 4.78 is 16.2. The maximum Gasteiger partial charge on any atom is 0.254 e. The van der Waals surface area contributed by atoms with Gasteiger partial charge in [0.15, 0.2) is 11.5 Å². The molecule has 0 radical (unpaired) electrons. The molecular formula is C25H24N2O5. The van der Waals surface area contributed by atoms with E-state index in [4.69, 9.17) is 13.9 Å². The first kappa shape index (κ1) is 20.2. The van der Waals surface area contributed by atoms with Gasteiger partial charge in [0.2, 0.25) is 12.7 Å². The van der Waals surface area contributed by atoms with Crippen molar-refractivity contribution in [3.63, 3.8) is 0 Å². The Kier molecular flexibility index (Phi) is 5.54. The Morgan fingerprint density at radius 2 is 1.72 bits per heavy atom. The van der Waals surface area contributed by atoms with E-state index in [1.807, 2.05) is 36.4 Å². The van der Waals surface area contributed by atoms with Crippen LogP contribution in [-0.4, -0.2) is 41.0 Å². The molecule has 0 unspecified atom stereocenters. The molecule has 2 aromatic carbocycles. The smallest absolute Gasteiger partial charge is 0.254 e. The quantitative estimate of drug-likeness (QED) is 0.541. The fraction of sp³-hybridized carbons (Fsp3) is 0.280. The molecule has 0 saturated heterocycles. The number of hydrogen-bond donors (Lipinski definition) is 0. The van der Waals surface area contributed by atoms with Gasteiger partial charge in [-0.2, -0.15) is 0 Å². The molecule has 2 heterocycles. The van der Waals surface area contributed by atoms with E-state index in [-0.39, 0.29) is 31.2 Å². The average molecular weight is 432 g/mol. The summed E-state index contributed by atoms with van der Waals surface area (Å²) in [6.07, 6.45) is 3.40. The van der Waals surface area contributed by atoms with Gasteiger partial charge < -0.3 is 23.7 Å². The van der Waals surface area contributed by atoms with Crippen molar-refractivity contribution >= 4 is 11.8 Å². The molecule has 1 fully saturated rings. The largest absolute Gasteiger partial charge is 0.467 e. The lowest BCUT2D eigenvalue weighted by Gasteiger charge is -2.27. The van der Waals surface area contributed by atoms with Crippen LogP contribution in [0, 0.1) is 0 Å². The van der Waals surface area contributed by atoms with E-state index >= 15 is 0 Å². The van der Waals surface area contributed by atoms with Crippen LogP contribution < -0.4 is 9.47 Å². The Labute approximate surface area is 186 Å². The second-order valence-electron chi connectivity index (χ2n) is 8.05. The summed E-state index contributed by atoms with van der Waals surface area (Å²) in [6, 6.07) is 18.7. The lowest BCUT2D eigenvalue weighted by atomic mass is 10.1. The summed E-state index contributed by atoms with van der Waals surface area (Å²) in [5, 5.41) is 0. The van der Waals surface area contributed by atoms with Crippen molar-refractivity contribution in [2.75, 3.05) is 13.3 Å². The molecule has 7 heteroatoms. The number of rotatable bonds is 8. The van der Waals surface area contributed by atoms with Gasteiger partial charge in [0.05, 0.1) is 12.8 Å². The molecule has 0 spiro atoms. The molecule has 2 aliphatic rings. The zero-order chi connectivity index (χ0) is 21.9. The van der Waals surface area contributed by atoms with Crippen LogP contribution in [0.5, 0.6) is 11.5 Å². The number of hydrogen-bond acceptors (Lipinski definition) is 5. The highest BCUT2D eigenvalue weighted by Gasteiger charge is 2.36. The summed E-state index contributed by atoms with van der Waals surface area (Å²) in [6.45, 7) is 0.957. The van der Waals surface area contributed by atoms with Gasteiger partial charge in [0.1, 0.15) is 12.3 Å². The number of amides is 2. The Balaban J connectivity index is 1.34. The molecule has 1 aliphatic carbocycles. The van der Waals surface area contributed by atoms with Crippen molar-refractivity contribution in [3.8, 4) is 11.5 Å². The van der Waals surface area contributed by atoms with Crippen LogP contribution in [0.3, 0.4) is 0 Å². The van der Waals surface area contributed by atoms with E-state index in [0.717, 1.165) is 18.4 Å². The maximum absolute atomic E-state index is 13.4. The van der Waals surface area contributed by atoms with E-state index in [9.17, 15) is 9.59 Å². The van der Waals surface area contributed by atoms with Crippen LogP contribution in [0.2, 0.25) is 0 Å². The third kappa shape index (κ3) is 4.46. The predicted octanol–water partition coefficient (Wildman–Crippen LogP) is 3.84. The zero-order valence-electron chi connectivity index (χ0n) is 17.6. The first-order valence-corrected chi connectivity index (χ1v) is 10.7. The number of furan rings is 1. The maximum atomic E-state index is 13.4. The number of ether oxygens (including phenoxy) is 2. The number of carbonyl (C=O) groups is 2. The van der Waals surface area contributed by atoms with Gasteiger partial charge in [0, 0.05) is 18.2 Å². The summed E-state index contributed by atoms with van der Waals surface area (Å²) in [5.41, 5.74) is 1.52. The number of benzene rings is 2. The van der Waals surface area contributed by atoms with E-state index in [2.05, 4.69) is 0 Å². The Hall–Kier alpha value is -3.74. The van der Waals surface area contributed by atoms with Crippen LogP contribution >= 0.6 is 0 Å². The van der Waals surface area contributed by atoms with E-state index in [1.54, 1.807) is 40.3 Å². The molecule has 0 atom stereocenters. The molecule has 32 heavy (non-hydrogen) atoms. The number of fused-ring (bicyclic) bond motifs is 1. The molecule has 5 rings (SSSR count). The zero-order valence-corrected chi connectivity index (χ0v) is 17.6. The lowest BCUT2D eigenvalue weighted by Crippen LogP contribution is -2.43. The van der Waals surface area contributed by atoms with Crippen LogP contribution in [0.1, 0.15) is 34.5 Å². The molecule has 1 aliphatic heterocycles. The minimum Gasteiger partial charge on any atom is -0.467 e. The molecule has 164 valence electrons. The van der Waals surface area contributed by atoms with E-state index in [0.29, 0.717) is 35.9 Å². The Morgan fingerprint density at radius 3 is 2.47 bits per heavy atom. The Bertz CT molecular complexity index is 1090. The standard InChI is InChI=1S/C25H24N2O5/c28-24(26(15-21-7-4-12-30-21)14-18-5-2-1-3-6-18)16-27(20-9-10-20)25(29)19-8-11-22-23(13-19)32-17-31-22/h1-8,11-13,20H,9-10,14-17H2. The summed E-state index contributed by atoms with van der Waals surface area (Å²) in [4.78, 5) is 30.1. The first-order chi connectivity index (χ1) is 15.7. The molecule has 1 aromatic heterocycles. The average Bonchev–Trinajstić information content (AvgIpc) is 3.31. The lowest BCUT2D eigenvalue weighted by molar-refractivity contribution is -0.133. The van der Waals surface area contributed by atoms with Crippen molar-refractivity contribution in [3.05, 3.63) is 83.8 Å². The van der Waals surface area contributed by atoms with Crippen molar-refractivity contribution in [2.45, 2.75) is 32.0 Å². The fourth-order valence-corrected chi connectivity index (χ4v) is 3.82. The van der Waals surface area contributed by atoms with Gasteiger partial charge in [-0.25, -0.2) is 0 Å². The van der Waals surface area contributed by atoms with Crippen LogP contribution in [0.4, 0.5) is 0 Å². The Morgan fingerprint density at radius 1 is 0.906 bits per heavy atom. The van der Waals surface area contributed by atoms with Crippen molar-refractivity contribution in [1.82, 2.24) is 9.80 Å². The van der Waals surface area contributed by atoms with Gasteiger partial charge in [0.25, 0.3) is 5.91 Å². The van der Waals surface area contributed by atoms with Crippen molar-refractivity contribution < 1.29 is 23.5 Å². The minimum atomic E-state index is -0.170. The topological polar surface area (TPSA) is 72.2 Å². The first-order valence-electron chi connectivity index (χ1n) is 10.7. The molecule has 0 N–H and O–H groups in total. The second-order valence-corrected chi connectivity index (χ2v) is 8.05. The molecule has 7 nitrogen and oxygen atoms in total. The normalized spacial score (nSPS) is 14.2. The van der Waals surface area contributed by atoms with Gasteiger partial charge >= 0.3 is 0 Å². The highest BCUT2D eigenvalue weighted by Crippen LogP contribution is 2.34. The van der Waals surface area contributed by atoms with Gasteiger partial charge in [-0.1, -0.05) is 30.3 Å². The summed E-state index contributed by atoms with van der Waals surface area (Å²) in [7, 11) is 0. The van der Waals surface area contributed by atoms with Gasteiger partial charge in [-0.3, -0.25) is 9.59 Å². The number of carbonyl (C=O) groups excluding carboxylic acids is 2. The third-order valence-corrected chi connectivity index (χ3v) is 5.67. The summed E-state index contributed by atoms with van der Waals surface area (Å²) in [5.74, 6) is 1.60. The summed E-state index contributed by atoms with van der Waals surface area (Å²) >= 11 is 0. The van der Waals surface area contributed by atoms with E-state index in [1.165, 1.54) is 0 Å². The fourth-order valence-electron chi connectivity index (χ4n) is 3.82. The van der Waals surface area contributed by atoms with Crippen LogP contribution in [0.25, 0.3) is 0 Å². The highest BCUT2D eigenvalue weighted by molar-refractivity contribution is 5.97. The van der Waals surface area contributed by atoms with Crippen molar-refractivity contribution in [2.24, 2.45) is 0 Å². The van der Waals surface area contributed by atoms with E-state index < -0.39 is 0 Å².